The summed E-state index contributed by atoms with van der Waals surface area (Å²) in [7, 11) is -3.88. The molecule has 12 heteroatoms. The summed E-state index contributed by atoms with van der Waals surface area (Å²) in [5.74, 6) is -0.170. The number of hydrogen-bond acceptors (Lipinski definition) is 6. The molecule has 0 unspecified atom stereocenters. The summed E-state index contributed by atoms with van der Waals surface area (Å²) in [5.41, 5.74) is 0.669. The molecule has 1 aliphatic rings. The molecule has 0 spiro atoms. The maximum Gasteiger partial charge on any atom is 0.244 e. The summed E-state index contributed by atoms with van der Waals surface area (Å²) in [4.78, 5) is 27.6. The van der Waals surface area contributed by atoms with Crippen molar-refractivity contribution in [3.05, 3.63) is 52.0 Å². The molecule has 1 N–H and O–H groups in total. The van der Waals surface area contributed by atoms with Gasteiger partial charge in [0.25, 0.3) is 0 Å². The monoisotopic (exact) mass is 543 g/mol. The predicted molar refractivity (Wildman–Crippen MR) is 135 cm³/mol. The van der Waals surface area contributed by atoms with E-state index in [9.17, 15) is 18.0 Å². The van der Waals surface area contributed by atoms with Crippen molar-refractivity contribution in [2.24, 2.45) is 0 Å². The molecule has 0 aromatic heterocycles. The number of ether oxygens (including phenoxy) is 2. The molecule has 1 atom stereocenters. The fraction of sp³-hybridized carbons (Fsp3) is 0.391. The Kier molecular flexibility index (Phi) is 8.40. The van der Waals surface area contributed by atoms with Gasteiger partial charge in [0.15, 0.2) is 11.5 Å². The predicted octanol–water partition coefficient (Wildman–Crippen LogP) is 3.43. The number of halogens is 2. The maximum atomic E-state index is 13.6. The highest BCUT2D eigenvalue weighted by Crippen LogP contribution is 2.36. The highest BCUT2D eigenvalue weighted by atomic mass is 35.5. The van der Waals surface area contributed by atoms with Crippen molar-refractivity contribution in [2.75, 3.05) is 23.9 Å². The molecule has 2 amide bonds. The second kappa shape index (κ2) is 10.9. The quantitative estimate of drug-likeness (QED) is 0.519. The van der Waals surface area contributed by atoms with Gasteiger partial charge in [-0.2, -0.15) is 0 Å². The third kappa shape index (κ3) is 6.50. The maximum absolute atomic E-state index is 13.6. The lowest BCUT2D eigenvalue weighted by molar-refractivity contribution is -0.139. The van der Waals surface area contributed by atoms with Crippen LogP contribution in [0.3, 0.4) is 0 Å². The van der Waals surface area contributed by atoms with E-state index in [1.165, 1.54) is 17.0 Å². The third-order valence-electron chi connectivity index (χ3n) is 5.31. The van der Waals surface area contributed by atoms with Crippen molar-refractivity contribution in [1.82, 2.24) is 10.2 Å². The molecule has 3 rings (SSSR count). The number of benzene rings is 2. The standard InChI is InChI=1S/C23H27Cl2N3O6S/c1-14(2)26-23(30)15(3)27(11-17-18(24)6-5-7-19(17)25)22(29)12-28(35(4,31)32)16-8-9-20-21(10-16)34-13-33-20/h5-10,14-15H,11-13H2,1-4H3,(H,26,30)/t15-/m1/s1. The number of amides is 2. The van der Waals surface area contributed by atoms with E-state index in [4.69, 9.17) is 32.7 Å². The van der Waals surface area contributed by atoms with Gasteiger partial charge in [0.2, 0.25) is 28.6 Å². The molecule has 9 nitrogen and oxygen atoms in total. The van der Waals surface area contributed by atoms with Gasteiger partial charge in [0.05, 0.1) is 11.9 Å². The van der Waals surface area contributed by atoms with Crippen molar-refractivity contribution in [1.29, 1.82) is 0 Å². The van der Waals surface area contributed by atoms with Crippen LogP contribution in [0.4, 0.5) is 5.69 Å². The van der Waals surface area contributed by atoms with Crippen molar-refractivity contribution >= 4 is 50.7 Å². The average Bonchev–Trinajstić information content (AvgIpc) is 3.23. The van der Waals surface area contributed by atoms with E-state index in [-0.39, 0.29) is 25.1 Å². The molecule has 2 aromatic rings. The van der Waals surface area contributed by atoms with Gasteiger partial charge in [-0.3, -0.25) is 13.9 Å². The van der Waals surface area contributed by atoms with E-state index < -0.39 is 34.4 Å². The normalized spacial score (nSPS) is 13.5. The minimum absolute atomic E-state index is 0.0193. The van der Waals surface area contributed by atoms with Crippen LogP contribution in [0.25, 0.3) is 0 Å². The zero-order valence-corrected chi connectivity index (χ0v) is 22.1. The Bertz CT molecular complexity index is 1200. The number of carbonyl (C=O) groups is 2. The van der Waals surface area contributed by atoms with Crippen molar-refractivity contribution < 1.29 is 27.5 Å². The number of anilines is 1. The van der Waals surface area contributed by atoms with Crippen molar-refractivity contribution in [3.8, 4) is 11.5 Å². The van der Waals surface area contributed by atoms with E-state index in [0.717, 1.165) is 10.6 Å². The van der Waals surface area contributed by atoms with Gasteiger partial charge in [-0.1, -0.05) is 29.3 Å². The van der Waals surface area contributed by atoms with Crippen LogP contribution in [-0.2, 0) is 26.2 Å². The Hall–Kier alpha value is -2.69. The Morgan fingerprint density at radius 2 is 1.69 bits per heavy atom. The first kappa shape index (κ1) is 26.9. The Balaban J connectivity index is 1.96. The third-order valence-corrected chi connectivity index (χ3v) is 7.16. The molecular weight excluding hydrogens is 517 g/mol. The fourth-order valence-electron chi connectivity index (χ4n) is 3.50. The zero-order chi connectivity index (χ0) is 25.9. The van der Waals surface area contributed by atoms with Gasteiger partial charge >= 0.3 is 0 Å². The van der Waals surface area contributed by atoms with Crippen LogP contribution in [-0.4, -0.2) is 56.8 Å². The number of carbonyl (C=O) groups excluding carboxylic acids is 2. The second-order valence-electron chi connectivity index (χ2n) is 8.37. The Labute approximate surface area is 214 Å². The van der Waals surface area contributed by atoms with Crippen LogP contribution in [0.5, 0.6) is 11.5 Å². The number of rotatable bonds is 9. The van der Waals surface area contributed by atoms with Crippen LogP contribution in [0.1, 0.15) is 26.3 Å². The van der Waals surface area contributed by atoms with Crippen LogP contribution in [0.15, 0.2) is 36.4 Å². The zero-order valence-electron chi connectivity index (χ0n) is 19.7. The largest absolute Gasteiger partial charge is 0.454 e. The van der Waals surface area contributed by atoms with Crippen LogP contribution < -0.4 is 19.1 Å². The number of nitrogens with one attached hydrogen (secondary N) is 1. The van der Waals surface area contributed by atoms with Gasteiger partial charge in [0, 0.05) is 34.3 Å². The lowest BCUT2D eigenvalue weighted by atomic mass is 10.1. The minimum atomic E-state index is -3.88. The number of sulfonamides is 1. The highest BCUT2D eigenvalue weighted by molar-refractivity contribution is 7.92. The molecule has 0 aliphatic carbocycles. The van der Waals surface area contributed by atoms with Crippen LogP contribution in [0, 0.1) is 0 Å². The van der Waals surface area contributed by atoms with Gasteiger partial charge in [-0.25, -0.2) is 8.42 Å². The first-order chi connectivity index (χ1) is 16.4. The topological polar surface area (TPSA) is 105 Å². The van der Waals surface area contributed by atoms with E-state index >= 15 is 0 Å². The SMILES string of the molecule is CC(C)NC(=O)[C@@H](C)N(Cc1c(Cl)cccc1Cl)C(=O)CN(c1ccc2c(c1)OCO2)S(C)(=O)=O. The lowest BCUT2D eigenvalue weighted by Gasteiger charge is -2.32. The van der Waals surface area contributed by atoms with E-state index in [0.29, 0.717) is 27.1 Å². The molecular formula is C23H27Cl2N3O6S. The molecule has 190 valence electrons. The molecule has 35 heavy (non-hydrogen) atoms. The smallest absolute Gasteiger partial charge is 0.244 e. The summed E-state index contributed by atoms with van der Waals surface area (Å²) in [6.45, 7) is 4.53. The Morgan fingerprint density at radius 3 is 2.29 bits per heavy atom. The number of nitrogens with zero attached hydrogens (tertiary/aromatic N) is 2. The molecule has 1 aliphatic heterocycles. The molecule has 0 saturated heterocycles. The first-order valence-electron chi connectivity index (χ1n) is 10.8. The summed E-state index contributed by atoms with van der Waals surface area (Å²) >= 11 is 12.6. The summed E-state index contributed by atoms with van der Waals surface area (Å²) in [6.07, 6.45) is 0.995. The first-order valence-corrected chi connectivity index (χ1v) is 13.4. The second-order valence-corrected chi connectivity index (χ2v) is 11.1. The van der Waals surface area contributed by atoms with Crippen molar-refractivity contribution in [2.45, 2.75) is 39.4 Å². The summed E-state index contributed by atoms with van der Waals surface area (Å²) < 4.78 is 36.9. The van der Waals surface area contributed by atoms with Crippen LogP contribution >= 0.6 is 23.2 Å². The summed E-state index contributed by atoms with van der Waals surface area (Å²) in [6, 6.07) is 8.40. The molecule has 0 radical (unpaired) electrons. The minimum Gasteiger partial charge on any atom is -0.454 e. The van der Waals surface area contributed by atoms with E-state index in [1.807, 2.05) is 0 Å². The molecule has 1 heterocycles. The average molecular weight is 544 g/mol. The lowest BCUT2D eigenvalue weighted by Crippen LogP contribution is -2.52. The van der Waals surface area contributed by atoms with E-state index in [1.54, 1.807) is 45.0 Å². The molecule has 0 saturated carbocycles. The van der Waals surface area contributed by atoms with E-state index in [2.05, 4.69) is 5.32 Å². The molecule has 2 aromatic carbocycles. The fourth-order valence-corrected chi connectivity index (χ4v) is 4.85. The molecule has 0 bridgehead atoms. The highest BCUT2D eigenvalue weighted by Gasteiger charge is 2.31. The Morgan fingerprint density at radius 1 is 1.06 bits per heavy atom. The number of fused-ring (bicyclic) bond motifs is 1. The summed E-state index contributed by atoms with van der Waals surface area (Å²) in [5, 5.41) is 3.42. The van der Waals surface area contributed by atoms with Gasteiger partial charge in [-0.15, -0.1) is 0 Å². The number of hydrogen-bond donors (Lipinski definition) is 1. The van der Waals surface area contributed by atoms with Gasteiger partial charge < -0.3 is 19.7 Å². The van der Waals surface area contributed by atoms with Crippen LogP contribution in [0.2, 0.25) is 10.0 Å². The van der Waals surface area contributed by atoms with Gasteiger partial charge in [-0.05, 0) is 45.0 Å². The van der Waals surface area contributed by atoms with Gasteiger partial charge in [0.1, 0.15) is 12.6 Å². The molecule has 0 fully saturated rings. The van der Waals surface area contributed by atoms with Crippen molar-refractivity contribution in [3.63, 3.8) is 0 Å².